The lowest BCUT2D eigenvalue weighted by atomic mass is 10.1. The number of hydrogen-bond donors (Lipinski definition) is 4. The first-order valence-corrected chi connectivity index (χ1v) is 12.7. The summed E-state index contributed by atoms with van der Waals surface area (Å²) in [4.78, 5) is 9.28. The molecule has 1 unspecified atom stereocenters. The van der Waals surface area contributed by atoms with Gasteiger partial charge < -0.3 is 20.1 Å². The molecule has 0 radical (unpaired) electrons. The fourth-order valence-corrected chi connectivity index (χ4v) is 4.19. The number of nitrogens with one attached hydrogen (secondary N) is 4. The molecule has 10 nitrogen and oxygen atoms in total. The number of nitrogens with zero attached hydrogens (tertiary/aromatic N) is 4. The zero-order valence-corrected chi connectivity index (χ0v) is 21.2. The smallest absolute Gasteiger partial charge is 0.323 e. The first-order valence-electron chi connectivity index (χ1n) is 11.6. The third-order valence-electron chi connectivity index (χ3n) is 5.46. The molecule has 4 N–H and O–H groups in total. The van der Waals surface area contributed by atoms with E-state index in [-0.39, 0.29) is 16.9 Å². The van der Waals surface area contributed by atoms with Crippen molar-refractivity contribution in [2.45, 2.75) is 58.1 Å². The van der Waals surface area contributed by atoms with Gasteiger partial charge in [-0.15, -0.1) is 0 Å². The molecule has 0 amide bonds. The average Bonchev–Trinajstić information content (AvgIpc) is 3.23. The molecule has 2 aromatic heterocycles. The first-order chi connectivity index (χ1) is 16.2. The Bertz CT molecular complexity index is 1150. The highest BCUT2D eigenvalue weighted by Gasteiger charge is 2.22. The van der Waals surface area contributed by atoms with Gasteiger partial charge >= 0.3 is 6.01 Å². The van der Waals surface area contributed by atoms with Crippen LogP contribution in [0.4, 0.5) is 11.6 Å². The Morgan fingerprint density at radius 1 is 1.24 bits per heavy atom. The zero-order chi connectivity index (χ0) is 24.3. The van der Waals surface area contributed by atoms with E-state index in [9.17, 15) is 4.21 Å². The van der Waals surface area contributed by atoms with Crippen LogP contribution in [0, 0.1) is 0 Å². The maximum Gasteiger partial charge on any atom is 0.323 e. The van der Waals surface area contributed by atoms with Crippen molar-refractivity contribution in [3.8, 4) is 6.01 Å². The normalized spacial score (nSPS) is 17.6. The molecule has 3 heterocycles. The second kappa shape index (κ2) is 10.2. The molecule has 0 bridgehead atoms. The van der Waals surface area contributed by atoms with Crippen LogP contribution in [0.15, 0.2) is 30.5 Å². The molecule has 11 heteroatoms. The summed E-state index contributed by atoms with van der Waals surface area (Å²) < 4.78 is 23.2. The lowest BCUT2D eigenvalue weighted by molar-refractivity contribution is 0.132. The van der Waals surface area contributed by atoms with Gasteiger partial charge in [-0.3, -0.25) is 5.32 Å². The molecule has 0 aliphatic carbocycles. The molecule has 34 heavy (non-hydrogen) atoms. The number of fused-ring (bicyclic) bond motifs is 1. The first kappa shape index (κ1) is 24.4. The van der Waals surface area contributed by atoms with E-state index in [1.165, 1.54) is 0 Å². The maximum absolute atomic E-state index is 12.7. The third kappa shape index (κ3) is 5.65. The summed E-state index contributed by atoms with van der Waals surface area (Å²) in [6.45, 7) is 12.9. The van der Waals surface area contributed by atoms with E-state index in [1.54, 1.807) is 4.52 Å². The number of rotatable bonds is 8. The fourth-order valence-electron chi connectivity index (χ4n) is 3.49. The van der Waals surface area contributed by atoms with Crippen molar-refractivity contribution in [1.29, 1.82) is 0 Å². The number of anilines is 2. The average molecular weight is 487 g/mol. The molecule has 2 atom stereocenters. The molecule has 4 rings (SSSR count). The number of aromatic nitrogens is 4. The standard InChI is InChI=1S/C23H34N8O2S/c1-15(2)17-13-27-31-20(17)28-22(33-19-14-24-10-11-25-19)29-21(31)26-12-16-8-6-7-9-18(16)30-34(32)23(3,4)5/h6-9,13,15,19,24-25,30H,10-12,14H2,1-5H3,(H,26,28,29)/t19-,34?/m1/s1. The Hall–Kier alpha value is -2.76. The van der Waals surface area contributed by atoms with E-state index < -0.39 is 11.0 Å². The number of ether oxygens (including phenoxy) is 1. The lowest BCUT2D eigenvalue weighted by Gasteiger charge is -2.24. The minimum Gasteiger partial charge on any atom is -0.443 e. The zero-order valence-electron chi connectivity index (χ0n) is 20.4. The monoisotopic (exact) mass is 486 g/mol. The number of benzene rings is 1. The summed E-state index contributed by atoms with van der Waals surface area (Å²) in [5.74, 6) is 0.780. The third-order valence-corrected chi connectivity index (χ3v) is 6.98. The summed E-state index contributed by atoms with van der Waals surface area (Å²) >= 11 is 0. The van der Waals surface area contributed by atoms with E-state index in [0.29, 0.717) is 30.7 Å². The van der Waals surface area contributed by atoms with Gasteiger partial charge in [-0.2, -0.15) is 19.6 Å². The summed E-state index contributed by atoms with van der Waals surface area (Å²) in [5, 5.41) is 14.5. The predicted octanol–water partition coefficient (Wildman–Crippen LogP) is 2.63. The summed E-state index contributed by atoms with van der Waals surface area (Å²) in [5.41, 5.74) is 3.51. The molecule has 1 aromatic carbocycles. The molecule has 184 valence electrons. The number of para-hydroxylation sites is 1. The minimum atomic E-state index is -1.23. The molecule has 1 aliphatic heterocycles. The Morgan fingerprint density at radius 3 is 2.74 bits per heavy atom. The van der Waals surface area contributed by atoms with Crippen molar-refractivity contribution in [3.63, 3.8) is 0 Å². The van der Waals surface area contributed by atoms with Gasteiger partial charge in [0.15, 0.2) is 11.9 Å². The van der Waals surface area contributed by atoms with Crippen LogP contribution in [-0.4, -0.2) is 54.4 Å². The SMILES string of the molecule is CC(C)c1cnn2c(NCc3ccccc3NS(=O)C(C)(C)C)nc(O[C@@H]3CNCCN3)nc12. The van der Waals surface area contributed by atoms with Gasteiger partial charge in [-0.05, 0) is 38.3 Å². The summed E-state index contributed by atoms with van der Waals surface area (Å²) in [7, 11) is -1.23. The van der Waals surface area contributed by atoms with Gasteiger partial charge in [0.05, 0.1) is 16.6 Å². The number of piperazine rings is 1. The van der Waals surface area contributed by atoms with Crippen molar-refractivity contribution in [3.05, 3.63) is 41.6 Å². The van der Waals surface area contributed by atoms with Crippen molar-refractivity contribution >= 4 is 28.3 Å². The lowest BCUT2D eigenvalue weighted by Crippen LogP contribution is -2.51. The van der Waals surface area contributed by atoms with Gasteiger partial charge in [-0.25, -0.2) is 4.21 Å². The topological polar surface area (TPSA) is 118 Å². The molecule has 1 aliphatic rings. The Kier molecular flexibility index (Phi) is 7.34. The van der Waals surface area contributed by atoms with Crippen LogP contribution in [-0.2, 0) is 17.5 Å². The van der Waals surface area contributed by atoms with Crippen LogP contribution >= 0.6 is 0 Å². The van der Waals surface area contributed by atoms with Crippen LogP contribution in [0.1, 0.15) is 51.7 Å². The van der Waals surface area contributed by atoms with E-state index in [2.05, 4.69) is 49.6 Å². The second-order valence-corrected chi connectivity index (χ2v) is 11.5. The summed E-state index contributed by atoms with van der Waals surface area (Å²) in [6.07, 6.45) is 1.62. The highest BCUT2D eigenvalue weighted by molar-refractivity contribution is 7.87. The molecular weight excluding hydrogens is 452 g/mol. The van der Waals surface area contributed by atoms with E-state index in [1.807, 2.05) is 51.2 Å². The van der Waals surface area contributed by atoms with Crippen molar-refractivity contribution in [1.82, 2.24) is 30.2 Å². The van der Waals surface area contributed by atoms with E-state index >= 15 is 0 Å². The van der Waals surface area contributed by atoms with Crippen LogP contribution in [0.25, 0.3) is 5.65 Å². The van der Waals surface area contributed by atoms with Crippen molar-refractivity contribution < 1.29 is 8.95 Å². The van der Waals surface area contributed by atoms with Crippen LogP contribution in [0.2, 0.25) is 0 Å². The largest absolute Gasteiger partial charge is 0.443 e. The van der Waals surface area contributed by atoms with E-state index in [4.69, 9.17) is 4.74 Å². The van der Waals surface area contributed by atoms with Gasteiger partial charge in [0, 0.05) is 31.7 Å². The Balaban J connectivity index is 1.61. The fraction of sp³-hybridized carbons (Fsp3) is 0.522. The quantitative estimate of drug-likeness (QED) is 0.384. The van der Waals surface area contributed by atoms with Crippen LogP contribution in [0.5, 0.6) is 6.01 Å². The highest BCUT2D eigenvalue weighted by atomic mass is 32.2. The van der Waals surface area contributed by atoms with Gasteiger partial charge in [-0.1, -0.05) is 32.0 Å². The predicted molar refractivity (Wildman–Crippen MR) is 135 cm³/mol. The Labute approximate surface area is 202 Å². The summed E-state index contributed by atoms with van der Waals surface area (Å²) in [6, 6.07) is 8.09. The number of hydrogen-bond acceptors (Lipinski definition) is 8. The van der Waals surface area contributed by atoms with E-state index in [0.717, 1.165) is 29.9 Å². The van der Waals surface area contributed by atoms with Gasteiger partial charge in [0.1, 0.15) is 11.0 Å². The highest BCUT2D eigenvalue weighted by Crippen LogP contribution is 2.25. The minimum absolute atomic E-state index is 0.202. The van der Waals surface area contributed by atoms with Gasteiger partial charge in [0.25, 0.3) is 0 Å². The molecule has 0 saturated carbocycles. The van der Waals surface area contributed by atoms with Crippen molar-refractivity contribution in [2.24, 2.45) is 0 Å². The van der Waals surface area contributed by atoms with Gasteiger partial charge in [0.2, 0.25) is 5.95 Å². The molecular formula is C23H34N8O2S. The second-order valence-electron chi connectivity index (χ2n) is 9.58. The molecule has 1 saturated heterocycles. The Morgan fingerprint density at radius 2 is 2.03 bits per heavy atom. The van der Waals surface area contributed by atoms with Crippen LogP contribution < -0.4 is 25.4 Å². The van der Waals surface area contributed by atoms with Crippen molar-refractivity contribution in [2.75, 3.05) is 29.7 Å². The molecule has 3 aromatic rings. The van der Waals surface area contributed by atoms with Crippen LogP contribution in [0.3, 0.4) is 0 Å². The molecule has 0 spiro atoms. The maximum atomic E-state index is 12.7. The molecule has 1 fully saturated rings.